The van der Waals surface area contributed by atoms with Crippen LogP contribution in [0.4, 0.5) is 0 Å². The van der Waals surface area contributed by atoms with Crippen LogP contribution in [0.1, 0.15) is 31.7 Å². The van der Waals surface area contributed by atoms with Gasteiger partial charge in [0.1, 0.15) is 0 Å². The summed E-state index contributed by atoms with van der Waals surface area (Å²) in [6.45, 7) is 2.35. The van der Waals surface area contributed by atoms with Crippen molar-refractivity contribution < 1.29 is 13.5 Å². The van der Waals surface area contributed by atoms with E-state index in [1.165, 1.54) is 12.3 Å². The van der Waals surface area contributed by atoms with E-state index in [4.69, 9.17) is 5.11 Å². The lowest BCUT2D eigenvalue weighted by atomic mass is 10.3. The first-order valence-corrected chi connectivity index (χ1v) is 7.14. The Bertz CT molecular complexity index is 429. The van der Waals surface area contributed by atoms with Gasteiger partial charge in [0.25, 0.3) is 10.0 Å². The van der Waals surface area contributed by atoms with Crippen LogP contribution in [0.5, 0.6) is 0 Å². The molecule has 1 aromatic rings. The van der Waals surface area contributed by atoms with Crippen molar-refractivity contribution in [1.82, 2.24) is 9.71 Å². The molecule has 0 spiro atoms. The second-order valence-electron chi connectivity index (χ2n) is 3.77. The Morgan fingerprint density at radius 1 is 1.35 bits per heavy atom. The highest BCUT2D eigenvalue weighted by molar-refractivity contribution is 7.89. The maximum absolute atomic E-state index is 11.8. The van der Waals surface area contributed by atoms with Crippen LogP contribution in [0.2, 0.25) is 0 Å². The molecule has 6 heteroatoms. The van der Waals surface area contributed by atoms with Gasteiger partial charge in [-0.05, 0) is 18.1 Å². The smallest absolute Gasteiger partial charge is 0.258 e. The molecular formula is C11H18N2O3S. The quantitative estimate of drug-likeness (QED) is 0.716. The zero-order chi connectivity index (χ0) is 12.7. The van der Waals surface area contributed by atoms with E-state index in [-0.39, 0.29) is 11.6 Å². The maximum Gasteiger partial charge on any atom is 0.258 e. The fourth-order valence-corrected chi connectivity index (χ4v) is 2.32. The van der Waals surface area contributed by atoms with Crippen LogP contribution in [-0.2, 0) is 16.6 Å². The molecule has 0 unspecified atom stereocenters. The molecule has 0 saturated carbocycles. The lowest BCUT2D eigenvalue weighted by molar-refractivity contribution is 0.281. The SMILES string of the molecule is CCCCCNS(=O)(=O)c1ccc(CO)cn1. The molecule has 0 aliphatic rings. The summed E-state index contributed by atoms with van der Waals surface area (Å²) in [4.78, 5) is 3.81. The van der Waals surface area contributed by atoms with Crippen molar-refractivity contribution in [2.24, 2.45) is 0 Å². The summed E-state index contributed by atoms with van der Waals surface area (Å²) in [7, 11) is -3.51. The number of aliphatic hydroxyl groups excluding tert-OH is 1. The van der Waals surface area contributed by atoms with Gasteiger partial charge in [-0.2, -0.15) is 0 Å². The molecular weight excluding hydrogens is 240 g/mol. The molecule has 1 rings (SSSR count). The monoisotopic (exact) mass is 258 g/mol. The van der Waals surface area contributed by atoms with E-state index >= 15 is 0 Å². The number of nitrogens with one attached hydrogen (secondary N) is 1. The van der Waals surface area contributed by atoms with Crippen molar-refractivity contribution in [3.05, 3.63) is 23.9 Å². The second-order valence-corrected chi connectivity index (χ2v) is 5.48. The van der Waals surface area contributed by atoms with Gasteiger partial charge >= 0.3 is 0 Å². The van der Waals surface area contributed by atoms with E-state index in [1.807, 2.05) is 0 Å². The molecule has 1 heterocycles. The number of rotatable bonds is 7. The molecule has 0 aliphatic heterocycles. The van der Waals surface area contributed by atoms with Crippen LogP contribution in [0.25, 0.3) is 0 Å². The normalized spacial score (nSPS) is 11.6. The maximum atomic E-state index is 11.8. The third-order valence-corrected chi connectivity index (χ3v) is 3.70. The highest BCUT2D eigenvalue weighted by Gasteiger charge is 2.14. The molecule has 96 valence electrons. The summed E-state index contributed by atoms with van der Waals surface area (Å²) < 4.78 is 26.0. The number of unbranched alkanes of at least 4 members (excludes halogenated alkanes) is 2. The van der Waals surface area contributed by atoms with Crippen molar-refractivity contribution in [3.8, 4) is 0 Å². The molecule has 0 fully saturated rings. The lowest BCUT2D eigenvalue weighted by Crippen LogP contribution is -2.25. The van der Waals surface area contributed by atoms with Gasteiger partial charge in [0.2, 0.25) is 0 Å². The predicted octanol–water partition coefficient (Wildman–Crippen LogP) is 1.04. The molecule has 17 heavy (non-hydrogen) atoms. The molecule has 0 atom stereocenters. The largest absolute Gasteiger partial charge is 0.392 e. The molecule has 0 saturated heterocycles. The first-order valence-electron chi connectivity index (χ1n) is 5.65. The van der Waals surface area contributed by atoms with E-state index in [1.54, 1.807) is 6.07 Å². The van der Waals surface area contributed by atoms with Crippen LogP contribution in [0.3, 0.4) is 0 Å². The van der Waals surface area contributed by atoms with Gasteiger partial charge in [-0.1, -0.05) is 25.8 Å². The Morgan fingerprint density at radius 2 is 2.12 bits per heavy atom. The van der Waals surface area contributed by atoms with Gasteiger partial charge < -0.3 is 5.11 Å². The van der Waals surface area contributed by atoms with Crippen molar-refractivity contribution in [1.29, 1.82) is 0 Å². The summed E-state index contributed by atoms with van der Waals surface area (Å²) >= 11 is 0. The van der Waals surface area contributed by atoms with E-state index in [2.05, 4.69) is 16.6 Å². The van der Waals surface area contributed by atoms with Gasteiger partial charge in [-0.25, -0.2) is 18.1 Å². The number of sulfonamides is 1. The molecule has 5 nitrogen and oxygen atoms in total. The standard InChI is InChI=1S/C11H18N2O3S/c1-2-3-4-7-13-17(15,16)11-6-5-10(9-14)8-12-11/h5-6,8,13-14H,2-4,7,9H2,1H3. The summed E-state index contributed by atoms with van der Waals surface area (Å²) in [6, 6.07) is 2.95. The first-order chi connectivity index (χ1) is 8.10. The minimum Gasteiger partial charge on any atom is -0.392 e. The Labute approximate surface area is 102 Å². The van der Waals surface area contributed by atoms with Crippen molar-refractivity contribution in [3.63, 3.8) is 0 Å². The summed E-state index contributed by atoms with van der Waals surface area (Å²) in [5, 5.41) is 8.82. The van der Waals surface area contributed by atoms with Crippen LogP contribution in [-0.4, -0.2) is 25.1 Å². The fourth-order valence-electron chi connectivity index (χ4n) is 1.32. The van der Waals surface area contributed by atoms with Crippen LogP contribution < -0.4 is 4.72 Å². The highest BCUT2D eigenvalue weighted by atomic mass is 32.2. The average Bonchev–Trinajstić information content (AvgIpc) is 2.35. The Balaban J connectivity index is 2.62. The van der Waals surface area contributed by atoms with Crippen LogP contribution in [0.15, 0.2) is 23.4 Å². The van der Waals surface area contributed by atoms with Crippen molar-refractivity contribution in [2.45, 2.75) is 37.8 Å². The van der Waals surface area contributed by atoms with Gasteiger partial charge in [0.15, 0.2) is 5.03 Å². The summed E-state index contributed by atoms with van der Waals surface area (Å²) in [5.41, 5.74) is 0.593. The number of hydrogen-bond acceptors (Lipinski definition) is 4. The van der Waals surface area contributed by atoms with Crippen LogP contribution in [0, 0.1) is 0 Å². The van der Waals surface area contributed by atoms with Crippen molar-refractivity contribution in [2.75, 3.05) is 6.54 Å². The lowest BCUT2D eigenvalue weighted by Gasteiger charge is -2.05. The molecule has 0 bridgehead atoms. The number of aromatic nitrogens is 1. The third kappa shape index (κ3) is 4.41. The minimum atomic E-state index is -3.51. The molecule has 0 aliphatic carbocycles. The Hall–Kier alpha value is -0.980. The predicted molar refractivity (Wildman–Crippen MR) is 64.9 cm³/mol. The molecule has 0 radical (unpaired) electrons. The summed E-state index contributed by atoms with van der Waals surface area (Å²) in [6.07, 6.45) is 4.23. The number of aliphatic hydroxyl groups is 1. The third-order valence-electron chi connectivity index (χ3n) is 2.33. The summed E-state index contributed by atoms with van der Waals surface area (Å²) in [5.74, 6) is 0. The number of pyridine rings is 1. The first kappa shape index (κ1) is 14.1. The molecule has 0 amide bonds. The van der Waals surface area contributed by atoms with E-state index < -0.39 is 10.0 Å². The molecule has 1 aromatic heterocycles. The van der Waals surface area contributed by atoms with Crippen molar-refractivity contribution >= 4 is 10.0 Å². The number of hydrogen-bond donors (Lipinski definition) is 2. The zero-order valence-electron chi connectivity index (χ0n) is 9.89. The van der Waals surface area contributed by atoms with Crippen LogP contribution >= 0.6 is 0 Å². The molecule has 2 N–H and O–H groups in total. The number of nitrogens with zero attached hydrogens (tertiary/aromatic N) is 1. The van der Waals surface area contributed by atoms with Gasteiger partial charge in [0, 0.05) is 12.7 Å². The van der Waals surface area contributed by atoms with E-state index in [0.29, 0.717) is 12.1 Å². The fraction of sp³-hybridized carbons (Fsp3) is 0.545. The zero-order valence-corrected chi connectivity index (χ0v) is 10.7. The van der Waals surface area contributed by atoms with Gasteiger partial charge in [-0.15, -0.1) is 0 Å². The van der Waals surface area contributed by atoms with E-state index in [9.17, 15) is 8.42 Å². The average molecular weight is 258 g/mol. The topological polar surface area (TPSA) is 79.3 Å². The van der Waals surface area contributed by atoms with Gasteiger partial charge in [0.05, 0.1) is 6.61 Å². The second kappa shape index (κ2) is 6.68. The van der Waals surface area contributed by atoms with E-state index in [0.717, 1.165) is 19.3 Å². The Morgan fingerprint density at radius 3 is 2.65 bits per heavy atom. The minimum absolute atomic E-state index is 0.00815. The molecule has 0 aromatic carbocycles. The van der Waals surface area contributed by atoms with Gasteiger partial charge in [-0.3, -0.25) is 0 Å². The Kier molecular flexibility index (Phi) is 5.54. The highest BCUT2D eigenvalue weighted by Crippen LogP contribution is 2.06.